The number of halogens is 1. The minimum atomic E-state index is -1.88. The molecule has 0 fully saturated rings. The number of hydrogen-bond donors (Lipinski definition) is 5. The van der Waals surface area contributed by atoms with E-state index in [1.165, 1.54) is 5.48 Å². The highest BCUT2D eigenvalue weighted by Crippen LogP contribution is 2.21. The van der Waals surface area contributed by atoms with Crippen LogP contribution in [0.25, 0.3) is 0 Å². The van der Waals surface area contributed by atoms with Gasteiger partial charge in [0.25, 0.3) is 5.91 Å². The summed E-state index contributed by atoms with van der Waals surface area (Å²) in [6.07, 6.45) is -2.08. The van der Waals surface area contributed by atoms with Gasteiger partial charge in [-0.1, -0.05) is 74.5 Å². The van der Waals surface area contributed by atoms with Crippen LogP contribution in [-0.2, 0) is 20.9 Å². The third-order valence-corrected chi connectivity index (χ3v) is 5.47. The molecule has 0 saturated carbocycles. The quantitative estimate of drug-likeness (QED) is 0.216. The van der Waals surface area contributed by atoms with Crippen molar-refractivity contribution >= 4 is 29.3 Å². The van der Waals surface area contributed by atoms with Crippen LogP contribution >= 0.6 is 11.6 Å². The zero-order chi connectivity index (χ0) is 26.0. The molecule has 0 bridgehead atoms. The lowest BCUT2D eigenvalue weighted by Crippen LogP contribution is -2.56. The number of carbonyl (C=O) groups is 3. The summed E-state index contributed by atoms with van der Waals surface area (Å²) in [4.78, 5) is 38.0. The van der Waals surface area contributed by atoms with Gasteiger partial charge in [0.05, 0.1) is 5.92 Å². The number of aliphatic hydroxyl groups is 1. The third kappa shape index (κ3) is 8.72. The molecule has 3 atom stereocenters. The molecule has 2 rings (SSSR count). The molecule has 0 aliphatic carbocycles. The fourth-order valence-corrected chi connectivity index (χ4v) is 3.33. The summed E-state index contributed by atoms with van der Waals surface area (Å²) in [5.41, 5.74) is 2.19. The second-order valence-electron chi connectivity index (χ2n) is 9.05. The van der Waals surface area contributed by atoms with Gasteiger partial charge in [-0.05, 0) is 35.2 Å². The SMILES string of the molecule is CC(C)(C)C(NC(=O)C(CC#Cc1ccc(Cl)cc1)[C@@H](O)C(=O)NO)C(=O)NCc1ccccc1. The maximum absolute atomic E-state index is 13.1. The molecule has 0 heterocycles. The van der Waals surface area contributed by atoms with E-state index in [-0.39, 0.29) is 13.0 Å². The van der Waals surface area contributed by atoms with Crippen LogP contribution in [0.15, 0.2) is 54.6 Å². The molecule has 0 aliphatic rings. The van der Waals surface area contributed by atoms with Crippen molar-refractivity contribution in [2.45, 2.75) is 45.9 Å². The molecule has 9 heteroatoms. The van der Waals surface area contributed by atoms with Crippen molar-refractivity contribution < 1.29 is 24.7 Å². The smallest absolute Gasteiger partial charge is 0.273 e. The average Bonchev–Trinajstić information content (AvgIpc) is 2.83. The molecular weight excluding hydrogens is 470 g/mol. The Balaban J connectivity index is 2.19. The molecule has 0 aromatic heterocycles. The molecule has 2 unspecified atom stereocenters. The predicted molar refractivity (Wildman–Crippen MR) is 132 cm³/mol. The molecule has 186 valence electrons. The van der Waals surface area contributed by atoms with Gasteiger partial charge < -0.3 is 15.7 Å². The monoisotopic (exact) mass is 499 g/mol. The van der Waals surface area contributed by atoms with E-state index in [0.717, 1.165) is 5.56 Å². The molecule has 2 aromatic carbocycles. The van der Waals surface area contributed by atoms with Gasteiger partial charge in [0.2, 0.25) is 11.8 Å². The predicted octanol–water partition coefficient (Wildman–Crippen LogP) is 2.41. The zero-order valence-electron chi connectivity index (χ0n) is 19.8. The lowest BCUT2D eigenvalue weighted by atomic mass is 9.85. The zero-order valence-corrected chi connectivity index (χ0v) is 20.6. The summed E-state index contributed by atoms with van der Waals surface area (Å²) < 4.78 is 0. The highest BCUT2D eigenvalue weighted by atomic mass is 35.5. The fourth-order valence-electron chi connectivity index (χ4n) is 3.20. The summed E-state index contributed by atoms with van der Waals surface area (Å²) >= 11 is 5.86. The Labute approximate surface area is 210 Å². The Morgan fingerprint density at radius 1 is 0.971 bits per heavy atom. The normalized spacial score (nSPS) is 13.4. The van der Waals surface area contributed by atoms with E-state index in [2.05, 4.69) is 22.5 Å². The van der Waals surface area contributed by atoms with E-state index in [1.54, 1.807) is 45.0 Å². The molecule has 2 aromatic rings. The number of aliphatic hydroxyl groups excluding tert-OH is 1. The van der Waals surface area contributed by atoms with Crippen LogP contribution in [0.2, 0.25) is 5.02 Å². The van der Waals surface area contributed by atoms with E-state index in [0.29, 0.717) is 10.6 Å². The maximum Gasteiger partial charge on any atom is 0.273 e. The molecular formula is C26H30ClN3O5. The van der Waals surface area contributed by atoms with Crippen molar-refractivity contribution in [2.75, 3.05) is 0 Å². The van der Waals surface area contributed by atoms with Gasteiger partial charge in [0, 0.05) is 23.6 Å². The standard InChI is InChI=1S/C26H30ClN3O5/c1-26(2,3)22(25(34)28-16-18-8-5-4-6-9-18)29-23(32)20(21(31)24(33)30-35)11-7-10-17-12-14-19(27)15-13-17/h4-6,8-9,12-15,20-22,31,35H,11,16H2,1-3H3,(H,28,34)(H,29,32)(H,30,33)/t20?,21-,22?/m1/s1. The van der Waals surface area contributed by atoms with Gasteiger partial charge >= 0.3 is 0 Å². The van der Waals surface area contributed by atoms with Gasteiger partial charge in [0.1, 0.15) is 12.1 Å². The molecule has 0 saturated heterocycles. The molecule has 0 spiro atoms. The van der Waals surface area contributed by atoms with E-state index < -0.39 is 41.2 Å². The van der Waals surface area contributed by atoms with Gasteiger partial charge in [-0.2, -0.15) is 0 Å². The topological polar surface area (TPSA) is 128 Å². The van der Waals surface area contributed by atoms with E-state index in [1.807, 2.05) is 30.3 Å². The fraction of sp³-hybridized carbons (Fsp3) is 0.346. The largest absolute Gasteiger partial charge is 0.382 e. The Hall–Kier alpha value is -3.38. The lowest BCUT2D eigenvalue weighted by molar-refractivity contribution is -0.146. The van der Waals surface area contributed by atoms with Gasteiger partial charge in [-0.25, -0.2) is 5.48 Å². The first kappa shape index (κ1) is 27.9. The maximum atomic E-state index is 13.1. The summed E-state index contributed by atoms with van der Waals surface area (Å²) in [6.45, 7) is 5.62. The first-order valence-electron chi connectivity index (χ1n) is 11.0. The van der Waals surface area contributed by atoms with Crippen molar-refractivity contribution in [1.29, 1.82) is 0 Å². The number of rotatable bonds is 8. The van der Waals surface area contributed by atoms with E-state index in [4.69, 9.17) is 16.8 Å². The Bertz CT molecular complexity index is 1070. The number of carbonyl (C=O) groups excluding carboxylic acids is 3. The van der Waals surface area contributed by atoms with Crippen LogP contribution in [0.4, 0.5) is 0 Å². The number of hydroxylamine groups is 1. The van der Waals surface area contributed by atoms with Crippen LogP contribution in [-0.4, -0.2) is 40.2 Å². The highest BCUT2D eigenvalue weighted by molar-refractivity contribution is 6.30. The third-order valence-electron chi connectivity index (χ3n) is 5.22. The first-order valence-corrected chi connectivity index (χ1v) is 11.4. The van der Waals surface area contributed by atoms with Gasteiger partial charge in [0.15, 0.2) is 0 Å². The van der Waals surface area contributed by atoms with E-state index in [9.17, 15) is 19.5 Å². The highest BCUT2D eigenvalue weighted by Gasteiger charge is 2.37. The van der Waals surface area contributed by atoms with Crippen LogP contribution in [0.1, 0.15) is 38.3 Å². The van der Waals surface area contributed by atoms with Crippen molar-refractivity contribution in [1.82, 2.24) is 16.1 Å². The van der Waals surface area contributed by atoms with Crippen LogP contribution in [0, 0.1) is 23.2 Å². The molecule has 8 nitrogen and oxygen atoms in total. The second-order valence-corrected chi connectivity index (χ2v) is 9.49. The molecule has 5 N–H and O–H groups in total. The molecule has 35 heavy (non-hydrogen) atoms. The number of nitrogens with one attached hydrogen (secondary N) is 3. The summed E-state index contributed by atoms with van der Waals surface area (Å²) in [7, 11) is 0. The summed E-state index contributed by atoms with van der Waals surface area (Å²) in [6, 6.07) is 15.0. The Kier molecular flexibility index (Phi) is 10.3. The number of amides is 3. The minimum absolute atomic E-state index is 0.203. The van der Waals surface area contributed by atoms with Crippen molar-refractivity contribution in [3.05, 3.63) is 70.7 Å². The van der Waals surface area contributed by atoms with Crippen molar-refractivity contribution in [2.24, 2.45) is 11.3 Å². The average molecular weight is 500 g/mol. The first-order chi connectivity index (χ1) is 16.5. The number of hydrogen-bond acceptors (Lipinski definition) is 5. The van der Waals surface area contributed by atoms with Gasteiger partial charge in [-0.3, -0.25) is 19.6 Å². The van der Waals surface area contributed by atoms with Crippen LogP contribution in [0.3, 0.4) is 0 Å². The molecule has 0 aliphatic heterocycles. The second kappa shape index (κ2) is 12.9. The molecule has 0 radical (unpaired) electrons. The molecule has 3 amide bonds. The van der Waals surface area contributed by atoms with Gasteiger partial charge in [-0.15, -0.1) is 0 Å². The van der Waals surface area contributed by atoms with E-state index >= 15 is 0 Å². The summed E-state index contributed by atoms with van der Waals surface area (Å²) in [5.74, 6) is 1.96. The van der Waals surface area contributed by atoms with Crippen molar-refractivity contribution in [3.8, 4) is 11.8 Å². The van der Waals surface area contributed by atoms with Crippen molar-refractivity contribution in [3.63, 3.8) is 0 Å². The number of benzene rings is 2. The lowest BCUT2D eigenvalue weighted by Gasteiger charge is -2.32. The summed E-state index contributed by atoms with van der Waals surface area (Å²) in [5, 5.41) is 25.3. The Morgan fingerprint density at radius 3 is 2.17 bits per heavy atom. The minimum Gasteiger partial charge on any atom is -0.382 e. The van der Waals surface area contributed by atoms with Crippen LogP contribution < -0.4 is 16.1 Å². The van der Waals surface area contributed by atoms with Crippen LogP contribution in [0.5, 0.6) is 0 Å². The Morgan fingerprint density at radius 2 is 1.60 bits per heavy atom.